The molecule has 0 aromatic heterocycles. The van der Waals surface area contributed by atoms with Crippen molar-refractivity contribution in [1.82, 2.24) is 5.32 Å². The number of nitrogens with one attached hydrogen (secondary N) is 2. The Morgan fingerprint density at radius 1 is 1.09 bits per heavy atom. The first-order valence-corrected chi connectivity index (χ1v) is 7.41. The van der Waals surface area contributed by atoms with Crippen LogP contribution in [0.1, 0.15) is 22.3 Å². The van der Waals surface area contributed by atoms with Gasteiger partial charge in [-0.05, 0) is 49.6 Å². The normalized spacial score (nSPS) is 10.7. The van der Waals surface area contributed by atoms with Gasteiger partial charge in [0.05, 0.1) is 0 Å². The van der Waals surface area contributed by atoms with Crippen LogP contribution < -0.4 is 10.6 Å². The number of carbonyl (C=O) groups is 1. The molecule has 0 unspecified atom stereocenters. The molecule has 0 radical (unpaired) electrons. The van der Waals surface area contributed by atoms with Crippen LogP contribution in [0, 0.1) is 20.8 Å². The van der Waals surface area contributed by atoms with Crippen molar-refractivity contribution in [2.24, 2.45) is 0 Å². The van der Waals surface area contributed by atoms with Crippen molar-refractivity contribution in [2.75, 3.05) is 5.32 Å². The molecule has 0 spiro atoms. The molecule has 2 aromatic carbocycles. The summed E-state index contributed by atoms with van der Waals surface area (Å²) in [7, 11) is 0. The number of benzene rings is 2. The molecule has 0 aliphatic heterocycles. The Labute approximate surface area is 136 Å². The summed E-state index contributed by atoms with van der Waals surface area (Å²) >= 11 is 6.05. The standard InChI is InChI=1S/C18H19ClN2O/c1-12-10-13(2)17(14(3)11-12)21-18(22)20-9-8-15-6-4-5-7-16(15)19/h4-11H,1-3H3,(H2,20,21,22)/b9-8+. The number of amides is 2. The SMILES string of the molecule is Cc1cc(C)c(NC(=O)N/C=C/c2ccccc2Cl)c(C)c1. The number of halogens is 1. The van der Waals surface area contributed by atoms with Crippen LogP contribution in [0.5, 0.6) is 0 Å². The first-order valence-electron chi connectivity index (χ1n) is 7.04. The lowest BCUT2D eigenvalue weighted by Crippen LogP contribution is -2.24. The van der Waals surface area contributed by atoms with E-state index in [9.17, 15) is 4.79 Å². The molecule has 0 aliphatic rings. The predicted molar refractivity (Wildman–Crippen MR) is 93.3 cm³/mol. The number of aryl methyl sites for hydroxylation is 3. The van der Waals surface area contributed by atoms with Crippen LogP contribution in [-0.2, 0) is 0 Å². The van der Waals surface area contributed by atoms with Crippen molar-refractivity contribution >= 4 is 29.4 Å². The zero-order valence-electron chi connectivity index (χ0n) is 12.9. The largest absolute Gasteiger partial charge is 0.323 e. The van der Waals surface area contributed by atoms with Crippen molar-refractivity contribution in [2.45, 2.75) is 20.8 Å². The number of urea groups is 1. The quantitative estimate of drug-likeness (QED) is 0.817. The molecule has 2 aromatic rings. The van der Waals surface area contributed by atoms with E-state index in [2.05, 4.69) is 10.6 Å². The van der Waals surface area contributed by atoms with E-state index in [1.807, 2.05) is 51.1 Å². The molecule has 0 saturated carbocycles. The third-order valence-electron chi connectivity index (χ3n) is 3.30. The Kier molecular flexibility index (Phi) is 5.23. The van der Waals surface area contributed by atoms with E-state index in [4.69, 9.17) is 11.6 Å². The van der Waals surface area contributed by atoms with Gasteiger partial charge in [0.1, 0.15) is 0 Å². The maximum absolute atomic E-state index is 12.0. The van der Waals surface area contributed by atoms with Crippen LogP contribution in [0.15, 0.2) is 42.6 Å². The molecular formula is C18H19ClN2O. The second-order valence-corrected chi connectivity index (χ2v) is 5.63. The fourth-order valence-electron chi connectivity index (χ4n) is 2.34. The number of hydrogen-bond donors (Lipinski definition) is 2. The molecule has 0 bridgehead atoms. The molecule has 0 saturated heterocycles. The van der Waals surface area contributed by atoms with Gasteiger partial charge in [0, 0.05) is 16.9 Å². The van der Waals surface area contributed by atoms with Crippen LogP contribution in [0.25, 0.3) is 6.08 Å². The summed E-state index contributed by atoms with van der Waals surface area (Å²) in [5, 5.41) is 6.20. The topological polar surface area (TPSA) is 41.1 Å². The molecule has 22 heavy (non-hydrogen) atoms. The van der Waals surface area contributed by atoms with Gasteiger partial charge in [-0.2, -0.15) is 0 Å². The summed E-state index contributed by atoms with van der Waals surface area (Å²) in [4.78, 5) is 12.0. The van der Waals surface area contributed by atoms with Gasteiger partial charge in [-0.1, -0.05) is 47.5 Å². The number of anilines is 1. The lowest BCUT2D eigenvalue weighted by Gasteiger charge is -2.12. The second-order valence-electron chi connectivity index (χ2n) is 5.23. The summed E-state index contributed by atoms with van der Waals surface area (Å²) in [6, 6.07) is 11.3. The third-order valence-corrected chi connectivity index (χ3v) is 3.64. The van der Waals surface area contributed by atoms with Gasteiger partial charge in [-0.3, -0.25) is 0 Å². The van der Waals surface area contributed by atoms with Gasteiger partial charge in [-0.15, -0.1) is 0 Å². The third kappa shape index (κ3) is 4.12. The molecule has 0 fully saturated rings. The van der Waals surface area contributed by atoms with Crippen molar-refractivity contribution < 1.29 is 4.79 Å². The van der Waals surface area contributed by atoms with Crippen molar-refractivity contribution in [3.8, 4) is 0 Å². The van der Waals surface area contributed by atoms with Crippen molar-refractivity contribution in [3.05, 3.63) is 69.9 Å². The average Bonchev–Trinajstić information content (AvgIpc) is 2.45. The Hall–Kier alpha value is -2.26. The lowest BCUT2D eigenvalue weighted by molar-refractivity contribution is 0.255. The van der Waals surface area contributed by atoms with E-state index in [0.29, 0.717) is 5.02 Å². The second kappa shape index (κ2) is 7.14. The highest BCUT2D eigenvalue weighted by Gasteiger charge is 2.06. The van der Waals surface area contributed by atoms with E-state index in [1.54, 1.807) is 18.3 Å². The predicted octanol–water partition coefficient (Wildman–Crippen LogP) is 5.06. The summed E-state index contributed by atoms with van der Waals surface area (Å²) in [5.41, 5.74) is 4.96. The molecule has 3 nitrogen and oxygen atoms in total. The number of carbonyl (C=O) groups excluding carboxylic acids is 1. The van der Waals surface area contributed by atoms with Crippen LogP contribution >= 0.6 is 11.6 Å². The van der Waals surface area contributed by atoms with E-state index in [0.717, 1.165) is 22.4 Å². The van der Waals surface area contributed by atoms with Crippen LogP contribution in [-0.4, -0.2) is 6.03 Å². The maximum Gasteiger partial charge on any atom is 0.323 e. The Bertz CT molecular complexity index is 700. The highest BCUT2D eigenvalue weighted by Crippen LogP contribution is 2.21. The van der Waals surface area contributed by atoms with Gasteiger partial charge >= 0.3 is 6.03 Å². The first-order chi connectivity index (χ1) is 10.5. The zero-order valence-corrected chi connectivity index (χ0v) is 13.7. The van der Waals surface area contributed by atoms with Crippen LogP contribution in [0.3, 0.4) is 0 Å². The lowest BCUT2D eigenvalue weighted by atomic mass is 10.1. The smallest absolute Gasteiger partial charge is 0.314 e. The minimum Gasteiger partial charge on any atom is -0.314 e. The van der Waals surface area contributed by atoms with E-state index >= 15 is 0 Å². The Morgan fingerprint density at radius 3 is 2.36 bits per heavy atom. The minimum absolute atomic E-state index is 0.279. The van der Waals surface area contributed by atoms with E-state index in [1.165, 1.54) is 5.56 Å². The molecule has 0 aliphatic carbocycles. The molecule has 2 rings (SSSR count). The average molecular weight is 315 g/mol. The molecule has 2 N–H and O–H groups in total. The van der Waals surface area contributed by atoms with Gasteiger partial charge in [0.15, 0.2) is 0 Å². The van der Waals surface area contributed by atoms with Crippen molar-refractivity contribution in [1.29, 1.82) is 0 Å². The summed E-state index contributed by atoms with van der Waals surface area (Å²) in [5.74, 6) is 0. The fraction of sp³-hybridized carbons (Fsp3) is 0.167. The zero-order chi connectivity index (χ0) is 16.1. The summed E-state index contributed by atoms with van der Waals surface area (Å²) in [6.07, 6.45) is 3.34. The highest BCUT2D eigenvalue weighted by atomic mass is 35.5. The monoisotopic (exact) mass is 314 g/mol. The number of rotatable bonds is 3. The van der Waals surface area contributed by atoms with Gasteiger partial charge < -0.3 is 10.6 Å². The van der Waals surface area contributed by atoms with Gasteiger partial charge in [0.2, 0.25) is 0 Å². The molecule has 0 atom stereocenters. The molecule has 2 amide bonds. The molecule has 114 valence electrons. The van der Waals surface area contributed by atoms with Crippen LogP contribution in [0.2, 0.25) is 5.02 Å². The van der Waals surface area contributed by atoms with Crippen molar-refractivity contribution in [3.63, 3.8) is 0 Å². The molecule has 4 heteroatoms. The Morgan fingerprint density at radius 2 is 1.73 bits per heavy atom. The fourth-order valence-corrected chi connectivity index (χ4v) is 2.54. The minimum atomic E-state index is -0.279. The number of hydrogen-bond acceptors (Lipinski definition) is 1. The molecule has 0 heterocycles. The highest BCUT2D eigenvalue weighted by molar-refractivity contribution is 6.32. The molecular weight excluding hydrogens is 296 g/mol. The Balaban J connectivity index is 2.01. The van der Waals surface area contributed by atoms with Gasteiger partial charge in [-0.25, -0.2) is 4.79 Å². The summed E-state index contributed by atoms with van der Waals surface area (Å²) in [6.45, 7) is 6.00. The van der Waals surface area contributed by atoms with Gasteiger partial charge in [0.25, 0.3) is 0 Å². The maximum atomic E-state index is 12.0. The first kappa shape index (κ1) is 16.1. The summed E-state index contributed by atoms with van der Waals surface area (Å²) < 4.78 is 0. The van der Waals surface area contributed by atoms with Crippen LogP contribution in [0.4, 0.5) is 10.5 Å². The van der Waals surface area contributed by atoms with E-state index < -0.39 is 0 Å². The van der Waals surface area contributed by atoms with E-state index in [-0.39, 0.29) is 6.03 Å².